The number of hydrazone groups is 1. The van der Waals surface area contributed by atoms with Crippen LogP contribution >= 0.6 is 0 Å². The van der Waals surface area contributed by atoms with E-state index in [1.807, 2.05) is 20.8 Å². The Labute approximate surface area is 217 Å². The smallest absolute Gasteiger partial charge is 0.339 e. The van der Waals surface area contributed by atoms with Crippen molar-refractivity contribution in [3.63, 3.8) is 0 Å². The molecule has 0 saturated heterocycles. The molecule has 10 heteroatoms. The van der Waals surface area contributed by atoms with Gasteiger partial charge in [-0.2, -0.15) is 13.5 Å². The Morgan fingerprint density at radius 3 is 2.05 bits per heavy atom. The van der Waals surface area contributed by atoms with Crippen LogP contribution < -0.4 is 23.8 Å². The summed E-state index contributed by atoms with van der Waals surface area (Å²) in [5, 5.41) is 4.00. The molecule has 3 aromatic carbocycles. The molecule has 37 heavy (non-hydrogen) atoms. The first-order valence-electron chi connectivity index (χ1n) is 11.8. The maximum atomic E-state index is 12.7. The summed E-state index contributed by atoms with van der Waals surface area (Å²) < 4.78 is 47.4. The number of carbonyl (C=O) groups excluding carboxylic acids is 1. The Morgan fingerprint density at radius 1 is 0.811 bits per heavy atom. The highest BCUT2D eigenvalue weighted by Gasteiger charge is 2.19. The molecule has 0 aliphatic carbocycles. The highest BCUT2D eigenvalue weighted by Crippen LogP contribution is 2.31. The summed E-state index contributed by atoms with van der Waals surface area (Å²) in [5.74, 6) is 0.857. The minimum atomic E-state index is -4.05. The summed E-state index contributed by atoms with van der Waals surface area (Å²) in [5.41, 5.74) is 4.31. The molecule has 0 bridgehead atoms. The van der Waals surface area contributed by atoms with Crippen LogP contribution in [0.15, 0.2) is 70.7 Å². The van der Waals surface area contributed by atoms with Gasteiger partial charge in [0.25, 0.3) is 5.91 Å². The average molecular weight is 527 g/mol. The van der Waals surface area contributed by atoms with Crippen molar-refractivity contribution >= 4 is 22.2 Å². The van der Waals surface area contributed by atoms with E-state index in [4.69, 9.17) is 18.4 Å². The number of hydrogen-bond acceptors (Lipinski definition) is 8. The fourth-order valence-electron chi connectivity index (χ4n) is 3.24. The second kappa shape index (κ2) is 12.8. The Balaban J connectivity index is 1.73. The zero-order chi connectivity index (χ0) is 26.8. The third-order valence-corrected chi connectivity index (χ3v) is 6.21. The first-order valence-corrected chi connectivity index (χ1v) is 13.2. The van der Waals surface area contributed by atoms with E-state index in [1.54, 1.807) is 49.4 Å². The quantitative estimate of drug-likeness (QED) is 0.206. The Morgan fingerprint density at radius 2 is 1.41 bits per heavy atom. The number of nitrogens with one attached hydrogen (secondary N) is 1. The van der Waals surface area contributed by atoms with Gasteiger partial charge in [0.2, 0.25) is 0 Å². The van der Waals surface area contributed by atoms with Crippen LogP contribution in [0, 0.1) is 6.92 Å². The van der Waals surface area contributed by atoms with Gasteiger partial charge in [-0.15, -0.1) is 0 Å². The van der Waals surface area contributed by atoms with Crippen LogP contribution in [-0.4, -0.2) is 40.4 Å². The van der Waals surface area contributed by atoms with Gasteiger partial charge in [-0.05, 0) is 81.8 Å². The van der Waals surface area contributed by atoms with Crippen LogP contribution in [0.25, 0.3) is 0 Å². The van der Waals surface area contributed by atoms with Gasteiger partial charge in [0.05, 0.1) is 26.0 Å². The second-order valence-electron chi connectivity index (χ2n) is 7.72. The Kier molecular flexibility index (Phi) is 9.51. The lowest BCUT2D eigenvalue weighted by molar-refractivity contribution is 0.0954. The third-order valence-electron chi connectivity index (χ3n) is 4.96. The average Bonchev–Trinajstić information content (AvgIpc) is 2.87. The van der Waals surface area contributed by atoms with Gasteiger partial charge >= 0.3 is 10.1 Å². The molecule has 0 aromatic heterocycles. The van der Waals surface area contributed by atoms with Crippen molar-refractivity contribution in [2.75, 3.05) is 19.8 Å². The maximum Gasteiger partial charge on any atom is 0.339 e. The Bertz CT molecular complexity index is 1350. The highest BCUT2D eigenvalue weighted by molar-refractivity contribution is 7.87. The molecule has 0 heterocycles. The van der Waals surface area contributed by atoms with Crippen molar-refractivity contribution in [1.29, 1.82) is 0 Å². The molecule has 0 atom stereocenters. The van der Waals surface area contributed by atoms with Crippen molar-refractivity contribution in [3.8, 4) is 23.0 Å². The number of amides is 1. The molecular formula is C27H30N2O7S. The number of ether oxygens (including phenoxy) is 3. The zero-order valence-corrected chi connectivity index (χ0v) is 22.0. The van der Waals surface area contributed by atoms with Crippen molar-refractivity contribution < 1.29 is 31.6 Å². The summed E-state index contributed by atoms with van der Waals surface area (Å²) >= 11 is 0. The van der Waals surface area contributed by atoms with Gasteiger partial charge in [-0.1, -0.05) is 17.7 Å². The summed E-state index contributed by atoms with van der Waals surface area (Å²) in [6, 6.07) is 15.9. The van der Waals surface area contributed by atoms with E-state index in [9.17, 15) is 13.2 Å². The van der Waals surface area contributed by atoms with Crippen LogP contribution in [-0.2, 0) is 10.1 Å². The van der Waals surface area contributed by atoms with E-state index in [0.717, 1.165) is 5.56 Å². The SMILES string of the molecule is CCOc1ccc(C(=O)N/N=C/c2ccc(OS(=O)(=O)c3ccc(C)cc3)c(OCC)c2)cc1OCC. The van der Waals surface area contributed by atoms with E-state index in [-0.39, 0.29) is 23.0 Å². The van der Waals surface area contributed by atoms with Crippen LogP contribution in [0.5, 0.6) is 23.0 Å². The third kappa shape index (κ3) is 7.47. The van der Waals surface area contributed by atoms with E-state index < -0.39 is 16.0 Å². The molecule has 0 spiro atoms. The molecule has 3 rings (SSSR count). The molecule has 0 fully saturated rings. The molecule has 1 amide bonds. The number of aryl methyl sites for hydroxylation is 1. The highest BCUT2D eigenvalue weighted by atomic mass is 32.2. The van der Waals surface area contributed by atoms with Gasteiger partial charge in [0.15, 0.2) is 23.0 Å². The minimum Gasteiger partial charge on any atom is -0.490 e. The van der Waals surface area contributed by atoms with E-state index in [0.29, 0.717) is 35.8 Å². The van der Waals surface area contributed by atoms with Crippen molar-refractivity contribution in [1.82, 2.24) is 5.43 Å². The molecule has 0 aliphatic heterocycles. The van der Waals surface area contributed by atoms with Crippen LogP contribution in [0.2, 0.25) is 0 Å². The number of hydrogen-bond donors (Lipinski definition) is 1. The zero-order valence-electron chi connectivity index (χ0n) is 21.2. The maximum absolute atomic E-state index is 12.7. The molecule has 0 radical (unpaired) electrons. The fourth-order valence-corrected chi connectivity index (χ4v) is 4.18. The largest absolute Gasteiger partial charge is 0.490 e. The van der Waals surface area contributed by atoms with Crippen molar-refractivity contribution in [3.05, 3.63) is 77.4 Å². The van der Waals surface area contributed by atoms with Crippen LogP contribution in [0.4, 0.5) is 0 Å². The number of nitrogens with zero attached hydrogens (tertiary/aromatic N) is 1. The van der Waals surface area contributed by atoms with Gasteiger partial charge < -0.3 is 18.4 Å². The second-order valence-corrected chi connectivity index (χ2v) is 9.26. The molecule has 0 unspecified atom stereocenters. The summed E-state index contributed by atoms with van der Waals surface area (Å²) in [7, 11) is -4.05. The fraction of sp³-hybridized carbons (Fsp3) is 0.259. The van der Waals surface area contributed by atoms with Gasteiger partial charge in [0, 0.05) is 5.56 Å². The minimum absolute atomic E-state index is 0.0377. The molecule has 196 valence electrons. The van der Waals surface area contributed by atoms with Crippen molar-refractivity contribution in [2.45, 2.75) is 32.6 Å². The van der Waals surface area contributed by atoms with E-state index >= 15 is 0 Å². The van der Waals surface area contributed by atoms with E-state index in [1.165, 1.54) is 24.4 Å². The number of carbonyl (C=O) groups is 1. The molecular weight excluding hydrogens is 496 g/mol. The molecule has 0 saturated carbocycles. The molecule has 0 aliphatic rings. The molecule has 1 N–H and O–H groups in total. The van der Waals surface area contributed by atoms with Crippen LogP contribution in [0.1, 0.15) is 42.3 Å². The van der Waals surface area contributed by atoms with Crippen molar-refractivity contribution in [2.24, 2.45) is 5.10 Å². The summed E-state index contributed by atoms with van der Waals surface area (Å²) in [6.07, 6.45) is 1.41. The summed E-state index contributed by atoms with van der Waals surface area (Å²) in [6.45, 7) is 8.54. The predicted molar refractivity (Wildman–Crippen MR) is 140 cm³/mol. The normalized spacial score (nSPS) is 11.2. The number of benzene rings is 3. The lowest BCUT2D eigenvalue weighted by Gasteiger charge is -2.13. The molecule has 9 nitrogen and oxygen atoms in total. The van der Waals surface area contributed by atoms with Gasteiger partial charge in [-0.3, -0.25) is 4.79 Å². The standard InChI is InChI=1S/C27H30N2O7S/c1-5-33-23-15-11-21(17-26(23)35-7-3)27(30)29-28-18-20-10-14-24(25(16-20)34-6-2)36-37(31,32)22-12-8-19(4)9-13-22/h8-18H,5-7H2,1-4H3,(H,29,30)/b28-18+. The first kappa shape index (κ1) is 27.5. The lowest BCUT2D eigenvalue weighted by atomic mass is 10.2. The van der Waals surface area contributed by atoms with Crippen LogP contribution in [0.3, 0.4) is 0 Å². The first-order chi connectivity index (χ1) is 17.8. The topological polar surface area (TPSA) is 113 Å². The monoisotopic (exact) mass is 526 g/mol. The molecule has 3 aromatic rings. The van der Waals surface area contributed by atoms with E-state index in [2.05, 4.69) is 10.5 Å². The summed E-state index contributed by atoms with van der Waals surface area (Å²) in [4.78, 5) is 12.6. The lowest BCUT2D eigenvalue weighted by Crippen LogP contribution is -2.17. The number of rotatable bonds is 12. The van der Waals surface area contributed by atoms with Gasteiger partial charge in [-0.25, -0.2) is 5.43 Å². The Hall–Kier alpha value is -4.05. The van der Waals surface area contributed by atoms with Gasteiger partial charge in [0.1, 0.15) is 4.90 Å². The predicted octanol–water partition coefficient (Wildman–Crippen LogP) is 4.72.